The molecule has 0 bridgehead atoms. The Morgan fingerprint density at radius 2 is 1.64 bits per heavy atom. The predicted octanol–water partition coefficient (Wildman–Crippen LogP) is 3.74. The number of thioether (sulfide) groups is 1. The van der Waals surface area contributed by atoms with Crippen LogP contribution in [0.1, 0.15) is 22.8 Å². The molecule has 3 rings (SSSR count). The van der Waals surface area contributed by atoms with Crippen LogP contribution in [0, 0.1) is 20.8 Å². The lowest BCUT2D eigenvalue weighted by Crippen LogP contribution is -1.93. The van der Waals surface area contributed by atoms with E-state index in [0.717, 1.165) is 27.9 Å². The van der Waals surface area contributed by atoms with Crippen LogP contribution >= 0.6 is 11.8 Å². The summed E-state index contributed by atoms with van der Waals surface area (Å²) in [4.78, 5) is 13.1. The van der Waals surface area contributed by atoms with Gasteiger partial charge in [-0.2, -0.15) is 4.98 Å². The third-order valence-electron chi connectivity index (χ3n) is 3.06. The van der Waals surface area contributed by atoms with Crippen molar-refractivity contribution in [2.75, 3.05) is 0 Å². The molecule has 0 amide bonds. The minimum absolute atomic E-state index is 0.550. The first-order valence-corrected chi connectivity index (χ1v) is 7.93. The van der Waals surface area contributed by atoms with Crippen LogP contribution in [0.25, 0.3) is 11.5 Å². The molecule has 0 aliphatic rings. The van der Waals surface area contributed by atoms with Gasteiger partial charge >= 0.3 is 0 Å². The van der Waals surface area contributed by atoms with Gasteiger partial charge in [-0.05, 0) is 44.5 Å². The fraction of sp³-hybridized carbons (Fsp3) is 0.250. The fourth-order valence-corrected chi connectivity index (χ4v) is 2.97. The average Bonchev–Trinajstić information content (AvgIpc) is 2.91. The van der Waals surface area contributed by atoms with Crippen molar-refractivity contribution in [3.63, 3.8) is 0 Å². The maximum Gasteiger partial charge on any atom is 0.257 e. The Morgan fingerprint density at radius 1 is 0.955 bits per heavy atom. The summed E-state index contributed by atoms with van der Waals surface area (Å²) in [5.41, 5.74) is 4.12. The van der Waals surface area contributed by atoms with Crippen LogP contribution in [0.3, 0.4) is 0 Å². The number of benzene rings is 1. The number of aromatic nitrogens is 4. The highest BCUT2D eigenvalue weighted by Gasteiger charge is 2.06. The van der Waals surface area contributed by atoms with Gasteiger partial charge in [0.25, 0.3) is 5.89 Å². The summed E-state index contributed by atoms with van der Waals surface area (Å²) < 4.78 is 5.16. The first-order chi connectivity index (χ1) is 10.6. The molecule has 0 atom stereocenters. The molecule has 0 N–H and O–H groups in total. The van der Waals surface area contributed by atoms with E-state index in [1.54, 1.807) is 11.8 Å². The summed E-state index contributed by atoms with van der Waals surface area (Å²) in [5, 5.41) is 4.62. The van der Waals surface area contributed by atoms with Crippen molar-refractivity contribution >= 4 is 11.8 Å². The smallest absolute Gasteiger partial charge is 0.257 e. The second-order valence-electron chi connectivity index (χ2n) is 5.07. The molecule has 2 heterocycles. The molecule has 0 fully saturated rings. The normalized spacial score (nSPS) is 10.9. The zero-order valence-corrected chi connectivity index (χ0v) is 13.5. The number of hydrogen-bond acceptors (Lipinski definition) is 6. The van der Waals surface area contributed by atoms with Gasteiger partial charge in [-0.25, -0.2) is 9.97 Å². The summed E-state index contributed by atoms with van der Waals surface area (Å²) >= 11 is 1.63. The quantitative estimate of drug-likeness (QED) is 0.540. The van der Waals surface area contributed by atoms with Crippen LogP contribution in [-0.4, -0.2) is 20.1 Å². The molecular weight excluding hydrogens is 296 g/mol. The van der Waals surface area contributed by atoms with Crippen molar-refractivity contribution in [2.45, 2.75) is 31.7 Å². The molecule has 0 saturated carbocycles. The molecule has 1 aromatic carbocycles. The van der Waals surface area contributed by atoms with Crippen molar-refractivity contribution in [3.8, 4) is 11.5 Å². The number of aryl methyl sites for hydroxylation is 3. The van der Waals surface area contributed by atoms with E-state index in [9.17, 15) is 0 Å². The SMILES string of the molecule is Cc1cc(C)nc(SCc2ccc(-c3nc(C)no3)cc2)n1. The molecule has 6 heteroatoms. The molecule has 2 aromatic heterocycles. The van der Waals surface area contributed by atoms with E-state index in [1.165, 1.54) is 5.56 Å². The van der Waals surface area contributed by atoms with Gasteiger partial charge in [-0.1, -0.05) is 29.1 Å². The number of rotatable bonds is 4. The molecule has 0 saturated heterocycles. The average molecular weight is 312 g/mol. The van der Waals surface area contributed by atoms with Crippen molar-refractivity contribution in [1.82, 2.24) is 20.1 Å². The van der Waals surface area contributed by atoms with Gasteiger partial charge in [-0.3, -0.25) is 0 Å². The minimum atomic E-state index is 0.550. The van der Waals surface area contributed by atoms with E-state index in [4.69, 9.17) is 4.52 Å². The summed E-state index contributed by atoms with van der Waals surface area (Å²) in [6, 6.07) is 10.1. The van der Waals surface area contributed by atoms with Crippen LogP contribution in [0.5, 0.6) is 0 Å². The highest BCUT2D eigenvalue weighted by Crippen LogP contribution is 2.22. The maximum atomic E-state index is 5.16. The van der Waals surface area contributed by atoms with Gasteiger partial charge in [-0.15, -0.1) is 0 Å². The van der Waals surface area contributed by atoms with Gasteiger partial charge in [0.1, 0.15) is 0 Å². The third-order valence-corrected chi connectivity index (χ3v) is 3.98. The van der Waals surface area contributed by atoms with Crippen LogP contribution in [0.2, 0.25) is 0 Å². The van der Waals surface area contributed by atoms with Gasteiger partial charge in [0.2, 0.25) is 0 Å². The zero-order valence-electron chi connectivity index (χ0n) is 12.7. The van der Waals surface area contributed by atoms with E-state index in [0.29, 0.717) is 11.7 Å². The Morgan fingerprint density at radius 3 is 2.23 bits per heavy atom. The van der Waals surface area contributed by atoms with E-state index in [2.05, 4.69) is 32.2 Å². The minimum Gasteiger partial charge on any atom is -0.334 e. The van der Waals surface area contributed by atoms with Crippen LogP contribution in [0.4, 0.5) is 0 Å². The molecule has 3 aromatic rings. The first-order valence-electron chi connectivity index (χ1n) is 6.95. The second-order valence-corrected chi connectivity index (χ2v) is 6.01. The summed E-state index contributed by atoms with van der Waals surface area (Å²) in [7, 11) is 0. The van der Waals surface area contributed by atoms with Gasteiger partial charge < -0.3 is 4.52 Å². The molecule has 0 radical (unpaired) electrons. The lowest BCUT2D eigenvalue weighted by molar-refractivity contribution is 0.425. The topological polar surface area (TPSA) is 64.7 Å². The first kappa shape index (κ1) is 14.7. The molecule has 0 spiro atoms. The lowest BCUT2D eigenvalue weighted by atomic mass is 10.1. The summed E-state index contributed by atoms with van der Waals surface area (Å²) in [5.74, 6) is 2.02. The summed E-state index contributed by atoms with van der Waals surface area (Å²) in [6.07, 6.45) is 0. The Labute approximate surface area is 133 Å². The highest BCUT2D eigenvalue weighted by molar-refractivity contribution is 7.98. The summed E-state index contributed by atoms with van der Waals surface area (Å²) in [6.45, 7) is 5.78. The van der Waals surface area contributed by atoms with Crippen molar-refractivity contribution < 1.29 is 4.52 Å². The van der Waals surface area contributed by atoms with Crippen molar-refractivity contribution in [1.29, 1.82) is 0 Å². The molecule has 5 nitrogen and oxygen atoms in total. The highest BCUT2D eigenvalue weighted by atomic mass is 32.2. The lowest BCUT2D eigenvalue weighted by Gasteiger charge is -2.04. The molecule has 112 valence electrons. The van der Waals surface area contributed by atoms with E-state index >= 15 is 0 Å². The van der Waals surface area contributed by atoms with Gasteiger partial charge in [0.05, 0.1) is 0 Å². The zero-order chi connectivity index (χ0) is 15.5. The fourth-order valence-electron chi connectivity index (χ4n) is 2.06. The Kier molecular flexibility index (Phi) is 4.20. The van der Waals surface area contributed by atoms with Crippen molar-refractivity contribution in [2.24, 2.45) is 0 Å². The largest absolute Gasteiger partial charge is 0.334 e. The Bertz CT molecular complexity index is 763. The van der Waals surface area contributed by atoms with Crippen LogP contribution < -0.4 is 0 Å². The van der Waals surface area contributed by atoms with Crippen LogP contribution in [-0.2, 0) is 5.75 Å². The standard InChI is InChI=1S/C16H16N4OS/c1-10-8-11(2)18-16(17-10)22-9-13-4-6-14(7-5-13)15-19-12(3)20-21-15/h4-8H,9H2,1-3H3. The molecule has 0 aliphatic carbocycles. The monoisotopic (exact) mass is 312 g/mol. The molecule has 22 heavy (non-hydrogen) atoms. The van der Waals surface area contributed by atoms with Gasteiger partial charge in [0, 0.05) is 22.7 Å². The predicted molar refractivity (Wildman–Crippen MR) is 85.5 cm³/mol. The molecular formula is C16H16N4OS. The number of nitrogens with zero attached hydrogens (tertiary/aromatic N) is 4. The van der Waals surface area contributed by atoms with E-state index in [1.807, 2.05) is 39.0 Å². The van der Waals surface area contributed by atoms with Gasteiger partial charge in [0.15, 0.2) is 11.0 Å². The van der Waals surface area contributed by atoms with Crippen molar-refractivity contribution in [3.05, 3.63) is 53.1 Å². The van der Waals surface area contributed by atoms with E-state index < -0.39 is 0 Å². The molecule has 0 unspecified atom stereocenters. The van der Waals surface area contributed by atoms with Crippen LogP contribution in [0.15, 0.2) is 40.0 Å². The number of hydrogen-bond donors (Lipinski definition) is 0. The second kappa shape index (κ2) is 6.27. The Balaban J connectivity index is 1.68. The maximum absolute atomic E-state index is 5.16. The van der Waals surface area contributed by atoms with E-state index in [-0.39, 0.29) is 0 Å². The molecule has 0 aliphatic heterocycles. The Hall–Kier alpha value is -2.21. The third kappa shape index (κ3) is 3.51.